The summed E-state index contributed by atoms with van der Waals surface area (Å²) in [6, 6.07) is 5.04. The Morgan fingerprint density at radius 2 is 2.16 bits per heavy atom. The zero-order chi connectivity index (χ0) is 14.0. The van der Waals surface area contributed by atoms with Gasteiger partial charge in [0.05, 0.1) is 23.7 Å². The standard InChI is InChI=1S/C12H9F2NO3S/c1-18-6-2-3-7-10(4-6)19-12(15-7)9(17)5-8(16)11(13)14/h2-4,11H,5H2,1H3. The lowest BCUT2D eigenvalue weighted by atomic mass is 10.2. The minimum atomic E-state index is -3.13. The zero-order valence-electron chi connectivity index (χ0n) is 9.85. The third kappa shape index (κ3) is 2.93. The largest absolute Gasteiger partial charge is 0.497 e. The van der Waals surface area contributed by atoms with E-state index in [0.29, 0.717) is 16.0 Å². The summed E-state index contributed by atoms with van der Waals surface area (Å²) < 4.78 is 29.9. The van der Waals surface area contributed by atoms with Crippen LogP contribution in [0.2, 0.25) is 0 Å². The van der Waals surface area contributed by atoms with Gasteiger partial charge < -0.3 is 4.74 Å². The van der Waals surface area contributed by atoms with Crippen molar-refractivity contribution in [3.05, 3.63) is 23.2 Å². The lowest BCUT2D eigenvalue weighted by Gasteiger charge is -1.96. The van der Waals surface area contributed by atoms with Gasteiger partial charge in [0, 0.05) is 0 Å². The van der Waals surface area contributed by atoms with E-state index in [2.05, 4.69) is 4.98 Å². The number of benzene rings is 1. The number of alkyl halides is 2. The van der Waals surface area contributed by atoms with Gasteiger partial charge in [-0.15, -0.1) is 11.3 Å². The van der Waals surface area contributed by atoms with Crippen LogP contribution < -0.4 is 4.74 Å². The van der Waals surface area contributed by atoms with E-state index >= 15 is 0 Å². The molecule has 1 aromatic carbocycles. The van der Waals surface area contributed by atoms with E-state index in [9.17, 15) is 18.4 Å². The molecule has 2 rings (SSSR count). The second kappa shape index (κ2) is 5.40. The molecule has 0 unspecified atom stereocenters. The Kier molecular flexibility index (Phi) is 3.84. The molecule has 0 saturated heterocycles. The smallest absolute Gasteiger partial charge is 0.296 e. The highest BCUT2D eigenvalue weighted by molar-refractivity contribution is 7.20. The Morgan fingerprint density at radius 3 is 2.79 bits per heavy atom. The average molecular weight is 285 g/mol. The Labute approximate surface area is 111 Å². The molecular weight excluding hydrogens is 276 g/mol. The zero-order valence-corrected chi connectivity index (χ0v) is 10.7. The van der Waals surface area contributed by atoms with Crippen molar-refractivity contribution in [1.82, 2.24) is 4.98 Å². The second-order valence-corrected chi connectivity index (χ2v) is 4.75. The number of thiazole rings is 1. The van der Waals surface area contributed by atoms with Gasteiger partial charge in [0.2, 0.25) is 5.78 Å². The summed E-state index contributed by atoms with van der Waals surface area (Å²) in [5, 5.41) is 0.0530. The predicted octanol–water partition coefficient (Wildman–Crippen LogP) is 2.71. The predicted molar refractivity (Wildman–Crippen MR) is 66.1 cm³/mol. The number of methoxy groups -OCH3 is 1. The first-order chi connectivity index (χ1) is 9.01. The Bertz CT molecular complexity index is 639. The molecule has 19 heavy (non-hydrogen) atoms. The van der Waals surface area contributed by atoms with Crippen molar-refractivity contribution in [2.45, 2.75) is 12.8 Å². The third-order valence-electron chi connectivity index (χ3n) is 2.41. The number of hydrogen-bond donors (Lipinski definition) is 0. The quantitative estimate of drug-likeness (QED) is 0.626. The van der Waals surface area contributed by atoms with Crippen LogP contribution in [0.1, 0.15) is 16.2 Å². The van der Waals surface area contributed by atoms with Gasteiger partial charge in [-0.3, -0.25) is 9.59 Å². The van der Waals surface area contributed by atoms with Crippen LogP contribution in [0.4, 0.5) is 8.78 Å². The molecular formula is C12H9F2NO3S. The lowest BCUT2D eigenvalue weighted by molar-refractivity contribution is -0.128. The van der Waals surface area contributed by atoms with Gasteiger partial charge >= 0.3 is 0 Å². The molecule has 0 radical (unpaired) electrons. The molecule has 100 valence electrons. The van der Waals surface area contributed by atoms with Crippen LogP contribution in [0.5, 0.6) is 5.75 Å². The Morgan fingerprint density at radius 1 is 1.42 bits per heavy atom. The molecule has 0 aliphatic carbocycles. The molecule has 0 bridgehead atoms. The molecule has 0 spiro atoms. The molecule has 0 saturated carbocycles. The Hall–Kier alpha value is -1.89. The number of ether oxygens (including phenoxy) is 1. The number of fused-ring (bicyclic) bond motifs is 1. The van der Waals surface area contributed by atoms with Crippen LogP contribution in [0.25, 0.3) is 10.2 Å². The molecule has 7 heteroatoms. The molecule has 0 N–H and O–H groups in total. The van der Waals surface area contributed by atoms with Crippen LogP contribution in [0.15, 0.2) is 18.2 Å². The number of carbonyl (C=O) groups is 2. The van der Waals surface area contributed by atoms with Crippen molar-refractivity contribution >= 4 is 33.1 Å². The SMILES string of the molecule is COc1ccc2nc(C(=O)CC(=O)C(F)F)sc2c1. The highest BCUT2D eigenvalue weighted by Gasteiger charge is 2.22. The summed E-state index contributed by atoms with van der Waals surface area (Å²) in [7, 11) is 1.51. The number of hydrogen-bond acceptors (Lipinski definition) is 5. The first-order valence-corrected chi connectivity index (χ1v) is 6.11. The summed E-state index contributed by atoms with van der Waals surface area (Å²) >= 11 is 1.05. The van der Waals surface area contributed by atoms with Gasteiger partial charge in [0.1, 0.15) is 5.75 Å². The second-order valence-electron chi connectivity index (χ2n) is 3.72. The molecule has 0 aliphatic rings. The minimum Gasteiger partial charge on any atom is -0.497 e. The summed E-state index contributed by atoms with van der Waals surface area (Å²) in [6.07, 6.45) is -3.95. The fourth-order valence-electron chi connectivity index (χ4n) is 1.46. The van der Waals surface area contributed by atoms with E-state index in [1.54, 1.807) is 18.2 Å². The van der Waals surface area contributed by atoms with Crippen molar-refractivity contribution in [2.24, 2.45) is 0 Å². The van der Waals surface area contributed by atoms with Crippen molar-refractivity contribution in [2.75, 3.05) is 7.11 Å². The fourth-order valence-corrected chi connectivity index (χ4v) is 2.39. The fraction of sp³-hybridized carbons (Fsp3) is 0.250. The number of rotatable bonds is 5. The van der Waals surface area contributed by atoms with E-state index in [0.717, 1.165) is 11.3 Å². The topological polar surface area (TPSA) is 56.3 Å². The monoisotopic (exact) mass is 285 g/mol. The molecule has 1 aromatic heterocycles. The Balaban J connectivity index is 2.25. The number of halogens is 2. The van der Waals surface area contributed by atoms with Crippen LogP contribution >= 0.6 is 11.3 Å². The average Bonchev–Trinajstić information content (AvgIpc) is 2.81. The van der Waals surface area contributed by atoms with E-state index in [1.165, 1.54) is 7.11 Å². The van der Waals surface area contributed by atoms with Gasteiger partial charge in [-0.05, 0) is 18.2 Å². The first-order valence-electron chi connectivity index (χ1n) is 5.30. The molecule has 4 nitrogen and oxygen atoms in total. The van der Waals surface area contributed by atoms with E-state index in [-0.39, 0.29) is 5.01 Å². The van der Waals surface area contributed by atoms with E-state index in [4.69, 9.17) is 4.74 Å². The van der Waals surface area contributed by atoms with Crippen LogP contribution in [0, 0.1) is 0 Å². The van der Waals surface area contributed by atoms with Gasteiger partial charge in [-0.2, -0.15) is 0 Å². The maximum absolute atomic E-state index is 12.1. The highest BCUT2D eigenvalue weighted by Crippen LogP contribution is 2.27. The minimum absolute atomic E-state index is 0.0530. The van der Waals surface area contributed by atoms with Crippen molar-refractivity contribution < 1.29 is 23.1 Å². The van der Waals surface area contributed by atoms with Gasteiger partial charge in [0.15, 0.2) is 10.8 Å². The van der Waals surface area contributed by atoms with Gasteiger partial charge in [-0.1, -0.05) is 0 Å². The van der Waals surface area contributed by atoms with Crippen LogP contribution in [-0.2, 0) is 4.79 Å². The molecule has 0 fully saturated rings. The summed E-state index contributed by atoms with van der Waals surface area (Å²) in [5.41, 5.74) is 0.568. The van der Waals surface area contributed by atoms with Crippen molar-refractivity contribution in [3.8, 4) is 5.75 Å². The van der Waals surface area contributed by atoms with Crippen molar-refractivity contribution in [3.63, 3.8) is 0 Å². The maximum atomic E-state index is 12.1. The van der Waals surface area contributed by atoms with Crippen LogP contribution in [-0.4, -0.2) is 30.1 Å². The first kappa shape index (κ1) is 13.5. The number of carbonyl (C=O) groups excluding carboxylic acids is 2. The van der Waals surface area contributed by atoms with E-state index < -0.39 is 24.4 Å². The normalized spacial score (nSPS) is 10.9. The van der Waals surface area contributed by atoms with Crippen LogP contribution in [0.3, 0.4) is 0 Å². The van der Waals surface area contributed by atoms with Crippen molar-refractivity contribution in [1.29, 1.82) is 0 Å². The van der Waals surface area contributed by atoms with Gasteiger partial charge in [-0.25, -0.2) is 13.8 Å². The number of ketones is 2. The molecule has 0 amide bonds. The number of Topliss-reactive ketones (excluding diaryl/α,β-unsaturated/α-hetero) is 2. The highest BCUT2D eigenvalue weighted by atomic mass is 32.1. The summed E-state index contributed by atoms with van der Waals surface area (Å²) in [4.78, 5) is 26.5. The molecule has 1 heterocycles. The number of aromatic nitrogens is 1. The molecule has 0 aliphatic heterocycles. The maximum Gasteiger partial charge on any atom is 0.296 e. The summed E-state index contributed by atoms with van der Waals surface area (Å²) in [6.45, 7) is 0. The number of nitrogens with zero attached hydrogens (tertiary/aromatic N) is 1. The van der Waals surface area contributed by atoms with Gasteiger partial charge in [0.25, 0.3) is 6.43 Å². The molecule has 2 aromatic rings. The molecule has 0 atom stereocenters. The lowest BCUT2D eigenvalue weighted by Crippen LogP contribution is -2.15. The third-order valence-corrected chi connectivity index (χ3v) is 3.47. The summed E-state index contributed by atoms with van der Waals surface area (Å²) in [5.74, 6) is -1.47. The van der Waals surface area contributed by atoms with E-state index in [1.807, 2.05) is 0 Å².